The predicted molar refractivity (Wildman–Crippen MR) is 77.3 cm³/mol. The molecule has 2 aliphatic heterocycles. The van der Waals surface area contributed by atoms with E-state index in [-0.39, 0.29) is 11.5 Å². The van der Waals surface area contributed by atoms with Crippen LogP contribution in [0.2, 0.25) is 0 Å². The van der Waals surface area contributed by atoms with Gasteiger partial charge in [0.1, 0.15) is 0 Å². The molecular formula is C16H24N2O. The van der Waals surface area contributed by atoms with E-state index in [1.54, 1.807) is 0 Å². The third kappa shape index (κ3) is 2.55. The van der Waals surface area contributed by atoms with Crippen molar-refractivity contribution in [3.05, 3.63) is 35.4 Å². The number of nitrogens with one attached hydrogen (secondary N) is 1. The van der Waals surface area contributed by atoms with Gasteiger partial charge in [-0.15, -0.1) is 0 Å². The Kier molecular flexibility index (Phi) is 3.37. The normalized spacial score (nSPS) is 30.3. The molecule has 3 heteroatoms. The fraction of sp³-hybridized carbons (Fsp3) is 0.625. The van der Waals surface area contributed by atoms with Crippen LogP contribution < -0.4 is 5.32 Å². The molecule has 1 saturated heterocycles. The van der Waals surface area contributed by atoms with Crippen LogP contribution in [0, 0.1) is 0 Å². The minimum atomic E-state index is -0.129. The van der Waals surface area contributed by atoms with Crippen LogP contribution in [-0.4, -0.2) is 42.3 Å². The first kappa shape index (κ1) is 13.1. The Balaban J connectivity index is 1.80. The maximum Gasteiger partial charge on any atom is 0.0679 e. The molecule has 0 saturated carbocycles. The maximum absolute atomic E-state index is 9.65. The minimum absolute atomic E-state index is 0.129. The second-order valence-electron chi connectivity index (χ2n) is 6.61. The molecule has 104 valence electrons. The van der Waals surface area contributed by atoms with E-state index in [1.807, 2.05) is 0 Å². The lowest BCUT2D eigenvalue weighted by Gasteiger charge is -2.39. The highest BCUT2D eigenvalue weighted by Gasteiger charge is 2.33. The maximum atomic E-state index is 9.65. The Labute approximate surface area is 115 Å². The number of β-amino-alcohol motifs (C(OH)–C–C–N with tert-alkyl or cyclic N) is 1. The van der Waals surface area contributed by atoms with E-state index in [0.717, 1.165) is 32.6 Å². The topological polar surface area (TPSA) is 35.5 Å². The fourth-order valence-electron chi connectivity index (χ4n) is 3.40. The SMILES string of the molecule is CC1(C)CNC(CN2CCC(O)C2)c2ccccc21. The summed E-state index contributed by atoms with van der Waals surface area (Å²) in [5, 5.41) is 13.3. The monoisotopic (exact) mass is 260 g/mol. The molecule has 1 fully saturated rings. The lowest BCUT2D eigenvalue weighted by molar-refractivity contribution is 0.170. The van der Waals surface area contributed by atoms with E-state index >= 15 is 0 Å². The van der Waals surface area contributed by atoms with Gasteiger partial charge in [0.05, 0.1) is 6.10 Å². The van der Waals surface area contributed by atoms with Crippen LogP contribution in [0.25, 0.3) is 0 Å². The van der Waals surface area contributed by atoms with Gasteiger partial charge in [0.2, 0.25) is 0 Å². The van der Waals surface area contributed by atoms with Gasteiger partial charge in [-0.05, 0) is 17.5 Å². The highest BCUT2D eigenvalue weighted by atomic mass is 16.3. The Hall–Kier alpha value is -0.900. The molecular weight excluding hydrogens is 236 g/mol. The summed E-state index contributed by atoms with van der Waals surface area (Å²) in [6.07, 6.45) is 0.787. The lowest BCUT2D eigenvalue weighted by atomic mass is 9.77. The van der Waals surface area contributed by atoms with Crippen LogP contribution in [0.4, 0.5) is 0 Å². The molecule has 0 bridgehead atoms. The van der Waals surface area contributed by atoms with Crippen molar-refractivity contribution in [2.45, 2.75) is 37.8 Å². The van der Waals surface area contributed by atoms with Crippen molar-refractivity contribution in [1.29, 1.82) is 0 Å². The summed E-state index contributed by atoms with van der Waals surface area (Å²) in [6, 6.07) is 9.19. The van der Waals surface area contributed by atoms with Crippen molar-refractivity contribution in [3.63, 3.8) is 0 Å². The first-order valence-electron chi connectivity index (χ1n) is 7.29. The molecule has 0 amide bonds. The summed E-state index contributed by atoms with van der Waals surface area (Å²) in [5.41, 5.74) is 3.11. The van der Waals surface area contributed by atoms with Crippen molar-refractivity contribution < 1.29 is 5.11 Å². The number of aliphatic hydroxyl groups is 1. The molecule has 2 unspecified atom stereocenters. The molecule has 2 N–H and O–H groups in total. The Morgan fingerprint density at radius 3 is 2.89 bits per heavy atom. The van der Waals surface area contributed by atoms with E-state index in [4.69, 9.17) is 0 Å². The molecule has 19 heavy (non-hydrogen) atoms. The van der Waals surface area contributed by atoms with E-state index in [0.29, 0.717) is 6.04 Å². The second kappa shape index (κ2) is 4.89. The first-order valence-corrected chi connectivity index (χ1v) is 7.29. The average molecular weight is 260 g/mol. The quantitative estimate of drug-likeness (QED) is 0.849. The molecule has 1 aromatic carbocycles. The van der Waals surface area contributed by atoms with Gasteiger partial charge in [-0.2, -0.15) is 0 Å². The van der Waals surface area contributed by atoms with E-state index in [9.17, 15) is 5.11 Å². The largest absolute Gasteiger partial charge is 0.392 e. The third-order valence-corrected chi connectivity index (χ3v) is 4.54. The van der Waals surface area contributed by atoms with Crippen molar-refractivity contribution in [1.82, 2.24) is 10.2 Å². The summed E-state index contributed by atoms with van der Waals surface area (Å²) in [4.78, 5) is 2.37. The molecule has 2 aliphatic rings. The number of nitrogens with zero attached hydrogens (tertiary/aromatic N) is 1. The van der Waals surface area contributed by atoms with Crippen molar-refractivity contribution in [3.8, 4) is 0 Å². The predicted octanol–water partition coefficient (Wildman–Crippen LogP) is 1.68. The summed E-state index contributed by atoms with van der Waals surface area (Å²) in [7, 11) is 0. The standard InChI is InChI=1S/C16H24N2O/c1-16(2)11-17-15(10-18-8-7-12(19)9-18)13-5-3-4-6-14(13)16/h3-6,12,15,17,19H,7-11H2,1-2H3. The van der Waals surface area contributed by atoms with Gasteiger partial charge in [0.15, 0.2) is 0 Å². The minimum Gasteiger partial charge on any atom is -0.392 e. The third-order valence-electron chi connectivity index (χ3n) is 4.54. The van der Waals surface area contributed by atoms with Gasteiger partial charge in [-0.1, -0.05) is 38.1 Å². The number of fused-ring (bicyclic) bond motifs is 1. The molecule has 3 rings (SSSR count). The van der Waals surface area contributed by atoms with Crippen molar-refractivity contribution in [2.75, 3.05) is 26.2 Å². The zero-order chi connectivity index (χ0) is 13.5. The highest BCUT2D eigenvalue weighted by Crippen LogP contribution is 2.34. The van der Waals surface area contributed by atoms with Gasteiger partial charge in [0, 0.05) is 37.6 Å². The summed E-state index contributed by atoms with van der Waals surface area (Å²) >= 11 is 0. The van der Waals surface area contributed by atoms with Crippen molar-refractivity contribution >= 4 is 0 Å². The number of likely N-dealkylation sites (tertiary alicyclic amines) is 1. The number of aliphatic hydroxyl groups excluding tert-OH is 1. The Morgan fingerprint density at radius 1 is 1.37 bits per heavy atom. The van der Waals surface area contributed by atoms with Crippen LogP contribution in [0.15, 0.2) is 24.3 Å². The molecule has 0 aromatic heterocycles. The molecule has 2 atom stereocenters. The number of hydrogen-bond donors (Lipinski definition) is 2. The van der Waals surface area contributed by atoms with E-state index in [2.05, 4.69) is 48.3 Å². The van der Waals surface area contributed by atoms with E-state index in [1.165, 1.54) is 11.1 Å². The van der Waals surface area contributed by atoms with Crippen LogP contribution in [-0.2, 0) is 5.41 Å². The first-order chi connectivity index (χ1) is 9.06. The Morgan fingerprint density at radius 2 is 2.16 bits per heavy atom. The second-order valence-corrected chi connectivity index (χ2v) is 6.61. The summed E-state index contributed by atoms with van der Waals surface area (Å²) in [5.74, 6) is 0. The van der Waals surface area contributed by atoms with Gasteiger partial charge >= 0.3 is 0 Å². The highest BCUT2D eigenvalue weighted by molar-refractivity contribution is 5.38. The summed E-state index contributed by atoms with van der Waals surface area (Å²) in [6.45, 7) is 8.47. The fourth-order valence-corrected chi connectivity index (χ4v) is 3.40. The molecule has 2 heterocycles. The van der Waals surface area contributed by atoms with Gasteiger partial charge in [0.25, 0.3) is 0 Å². The van der Waals surface area contributed by atoms with Crippen LogP contribution >= 0.6 is 0 Å². The summed E-state index contributed by atoms with van der Waals surface area (Å²) < 4.78 is 0. The molecule has 3 nitrogen and oxygen atoms in total. The van der Waals surface area contributed by atoms with Gasteiger partial charge in [-0.25, -0.2) is 0 Å². The lowest BCUT2D eigenvalue weighted by Crippen LogP contribution is -2.45. The van der Waals surface area contributed by atoms with Crippen LogP contribution in [0.1, 0.15) is 37.4 Å². The molecule has 1 aromatic rings. The number of rotatable bonds is 2. The molecule has 0 spiro atoms. The smallest absolute Gasteiger partial charge is 0.0679 e. The zero-order valence-corrected chi connectivity index (χ0v) is 11.9. The molecule has 0 aliphatic carbocycles. The van der Waals surface area contributed by atoms with Crippen molar-refractivity contribution in [2.24, 2.45) is 0 Å². The average Bonchev–Trinajstić information content (AvgIpc) is 2.79. The number of hydrogen-bond acceptors (Lipinski definition) is 3. The van der Waals surface area contributed by atoms with Crippen LogP contribution in [0.3, 0.4) is 0 Å². The zero-order valence-electron chi connectivity index (χ0n) is 11.9. The Bertz CT molecular complexity index is 458. The van der Waals surface area contributed by atoms with Gasteiger partial charge in [-0.3, -0.25) is 4.90 Å². The van der Waals surface area contributed by atoms with Crippen LogP contribution in [0.5, 0.6) is 0 Å². The van der Waals surface area contributed by atoms with E-state index < -0.39 is 0 Å². The number of benzene rings is 1. The molecule has 0 radical (unpaired) electrons. The van der Waals surface area contributed by atoms with Gasteiger partial charge < -0.3 is 10.4 Å².